The van der Waals surface area contributed by atoms with Crippen molar-refractivity contribution < 1.29 is 18.0 Å². The van der Waals surface area contributed by atoms with Crippen molar-refractivity contribution in [1.82, 2.24) is 9.78 Å². The van der Waals surface area contributed by atoms with E-state index in [-0.39, 0.29) is 12.1 Å². The number of anilines is 1. The van der Waals surface area contributed by atoms with Crippen molar-refractivity contribution in [3.8, 4) is 0 Å². The highest BCUT2D eigenvalue weighted by molar-refractivity contribution is 14.1. The number of amides is 1. The van der Waals surface area contributed by atoms with Crippen molar-refractivity contribution >= 4 is 34.2 Å². The lowest BCUT2D eigenvalue weighted by molar-refractivity contribution is -0.137. The van der Waals surface area contributed by atoms with Gasteiger partial charge < -0.3 is 5.32 Å². The van der Waals surface area contributed by atoms with Gasteiger partial charge in [0.25, 0.3) is 0 Å². The van der Waals surface area contributed by atoms with Gasteiger partial charge in [0.2, 0.25) is 5.91 Å². The predicted molar refractivity (Wildman–Crippen MR) is 84.4 cm³/mol. The quantitative estimate of drug-likeness (QED) is 0.760. The molecule has 4 nitrogen and oxygen atoms in total. The Balaban J connectivity index is 2.01. The van der Waals surface area contributed by atoms with E-state index in [1.165, 1.54) is 18.2 Å². The zero-order chi connectivity index (χ0) is 16.3. The monoisotopic (exact) mass is 423 g/mol. The zero-order valence-corrected chi connectivity index (χ0v) is 13.8. The number of carbonyl (C=O) groups is 1. The third-order valence-corrected chi connectivity index (χ3v) is 4.02. The van der Waals surface area contributed by atoms with E-state index in [2.05, 4.69) is 33.0 Å². The molecule has 118 valence electrons. The smallest absolute Gasteiger partial charge is 0.325 e. The maximum absolute atomic E-state index is 12.8. The average Bonchev–Trinajstić information content (AvgIpc) is 2.75. The van der Waals surface area contributed by atoms with E-state index in [9.17, 15) is 18.0 Å². The zero-order valence-electron chi connectivity index (χ0n) is 11.6. The molecule has 0 saturated carbocycles. The second-order valence-corrected chi connectivity index (χ2v) is 5.83. The number of rotatable bonds is 4. The van der Waals surface area contributed by atoms with Crippen LogP contribution in [0.3, 0.4) is 0 Å². The summed E-state index contributed by atoms with van der Waals surface area (Å²) in [6, 6.07) is 4.91. The van der Waals surface area contributed by atoms with Crippen LogP contribution in [0.15, 0.2) is 30.5 Å². The molecule has 2 rings (SSSR count). The summed E-state index contributed by atoms with van der Waals surface area (Å²) in [6.45, 7) is 2.15. The summed E-state index contributed by atoms with van der Waals surface area (Å²) in [4.78, 5) is 11.8. The lowest BCUT2D eigenvalue weighted by Crippen LogP contribution is -2.18. The van der Waals surface area contributed by atoms with Gasteiger partial charge in [-0.3, -0.25) is 9.48 Å². The molecule has 0 radical (unpaired) electrons. The number of alkyl halides is 3. The van der Waals surface area contributed by atoms with E-state index in [4.69, 9.17) is 0 Å². The first kappa shape index (κ1) is 16.8. The van der Waals surface area contributed by atoms with Crippen LogP contribution in [-0.2, 0) is 17.5 Å². The molecular weight excluding hydrogens is 410 g/mol. The molecule has 0 unspecified atom stereocenters. The standard InChI is InChI=1S/C14H13F3IN3O/c1-9-11(18)8-21(20-9)7-6-13(22)19-12-5-3-2-4-10(12)14(15,16)17/h2-5,8H,6-7H2,1H3,(H,19,22). The molecule has 0 aliphatic heterocycles. The fourth-order valence-electron chi connectivity index (χ4n) is 1.88. The fraction of sp³-hybridized carbons (Fsp3) is 0.286. The second-order valence-electron chi connectivity index (χ2n) is 4.67. The molecule has 1 heterocycles. The number of hydrogen-bond acceptors (Lipinski definition) is 2. The van der Waals surface area contributed by atoms with Crippen LogP contribution in [-0.4, -0.2) is 15.7 Å². The number of benzene rings is 1. The molecule has 0 saturated heterocycles. The van der Waals surface area contributed by atoms with Gasteiger partial charge in [0.15, 0.2) is 0 Å². The molecule has 0 spiro atoms. The van der Waals surface area contributed by atoms with Gasteiger partial charge in [-0.1, -0.05) is 12.1 Å². The molecular formula is C14H13F3IN3O. The van der Waals surface area contributed by atoms with Gasteiger partial charge in [-0.2, -0.15) is 18.3 Å². The van der Waals surface area contributed by atoms with Gasteiger partial charge in [0.1, 0.15) is 0 Å². The Morgan fingerprint density at radius 3 is 2.64 bits per heavy atom. The highest BCUT2D eigenvalue weighted by Gasteiger charge is 2.33. The van der Waals surface area contributed by atoms with Crippen molar-refractivity contribution in [3.63, 3.8) is 0 Å². The van der Waals surface area contributed by atoms with Crippen LogP contribution in [0.4, 0.5) is 18.9 Å². The highest BCUT2D eigenvalue weighted by atomic mass is 127. The van der Waals surface area contributed by atoms with Crippen LogP contribution in [0.2, 0.25) is 0 Å². The van der Waals surface area contributed by atoms with E-state index in [1.807, 2.05) is 6.92 Å². The molecule has 1 N–H and O–H groups in total. The lowest BCUT2D eigenvalue weighted by atomic mass is 10.1. The molecule has 8 heteroatoms. The van der Waals surface area contributed by atoms with Crippen LogP contribution in [0.5, 0.6) is 0 Å². The molecule has 0 aliphatic rings. The summed E-state index contributed by atoms with van der Waals surface area (Å²) in [7, 11) is 0. The number of hydrogen-bond donors (Lipinski definition) is 1. The van der Waals surface area contributed by atoms with Gasteiger partial charge in [-0.15, -0.1) is 0 Å². The molecule has 0 atom stereocenters. The van der Waals surface area contributed by atoms with Crippen LogP contribution < -0.4 is 5.32 Å². The molecule has 0 bridgehead atoms. The summed E-state index contributed by atoms with van der Waals surface area (Å²) in [5, 5.41) is 6.50. The third-order valence-electron chi connectivity index (χ3n) is 2.96. The van der Waals surface area contributed by atoms with Crippen molar-refractivity contribution in [2.75, 3.05) is 5.32 Å². The molecule has 2 aromatic rings. The Bertz CT molecular complexity index is 663. The summed E-state index contributed by atoms with van der Waals surface area (Å²) in [5.74, 6) is -0.486. The van der Waals surface area contributed by atoms with Crippen molar-refractivity contribution in [2.24, 2.45) is 0 Å². The molecule has 0 fully saturated rings. The normalized spacial score (nSPS) is 11.5. The number of carbonyl (C=O) groups excluding carboxylic acids is 1. The maximum Gasteiger partial charge on any atom is 0.418 e. The number of para-hydroxylation sites is 1. The predicted octanol–water partition coefficient (Wildman–Crippen LogP) is 3.84. The minimum atomic E-state index is -4.50. The number of halogens is 4. The van der Waals surface area contributed by atoms with Crippen molar-refractivity contribution in [2.45, 2.75) is 26.1 Å². The fourth-order valence-corrected chi connectivity index (χ4v) is 2.31. The van der Waals surface area contributed by atoms with E-state index < -0.39 is 17.6 Å². The average molecular weight is 423 g/mol. The summed E-state index contributed by atoms with van der Waals surface area (Å²) >= 11 is 2.12. The first-order chi connectivity index (χ1) is 10.3. The molecule has 1 aromatic heterocycles. The molecule has 1 amide bonds. The van der Waals surface area contributed by atoms with E-state index in [0.29, 0.717) is 6.54 Å². The van der Waals surface area contributed by atoms with E-state index in [0.717, 1.165) is 15.3 Å². The Kier molecular flexibility index (Phi) is 5.09. The van der Waals surface area contributed by atoms with Crippen molar-refractivity contribution in [3.05, 3.63) is 45.3 Å². The minimum Gasteiger partial charge on any atom is -0.325 e. The van der Waals surface area contributed by atoms with Gasteiger partial charge in [0.05, 0.1) is 20.5 Å². The Morgan fingerprint density at radius 2 is 2.05 bits per heavy atom. The first-order valence-electron chi connectivity index (χ1n) is 6.43. The van der Waals surface area contributed by atoms with Gasteiger partial charge in [-0.25, -0.2) is 0 Å². The van der Waals surface area contributed by atoms with Gasteiger partial charge in [-0.05, 0) is 41.6 Å². The topological polar surface area (TPSA) is 46.9 Å². The lowest BCUT2D eigenvalue weighted by Gasteiger charge is -2.13. The van der Waals surface area contributed by atoms with Gasteiger partial charge >= 0.3 is 6.18 Å². The summed E-state index contributed by atoms with van der Waals surface area (Å²) in [5.41, 5.74) is -0.234. The Labute approximate surface area is 138 Å². The maximum atomic E-state index is 12.8. The number of nitrogens with one attached hydrogen (secondary N) is 1. The number of aromatic nitrogens is 2. The van der Waals surface area contributed by atoms with Crippen LogP contribution in [0, 0.1) is 10.5 Å². The highest BCUT2D eigenvalue weighted by Crippen LogP contribution is 2.34. The second kappa shape index (κ2) is 6.67. The van der Waals surface area contributed by atoms with Crippen LogP contribution in [0.25, 0.3) is 0 Å². The summed E-state index contributed by atoms with van der Waals surface area (Å²) < 4.78 is 41.1. The SMILES string of the molecule is Cc1nn(CCC(=O)Nc2ccccc2C(F)(F)F)cc1I. The van der Waals surface area contributed by atoms with Crippen molar-refractivity contribution in [1.29, 1.82) is 0 Å². The van der Waals surface area contributed by atoms with E-state index in [1.54, 1.807) is 10.9 Å². The van der Waals surface area contributed by atoms with Crippen LogP contribution >= 0.6 is 22.6 Å². The Morgan fingerprint density at radius 1 is 1.36 bits per heavy atom. The largest absolute Gasteiger partial charge is 0.418 e. The van der Waals surface area contributed by atoms with E-state index >= 15 is 0 Å². The molecule has 0 aliphatic carbocycles. The van der Waals surface area contributed by atoms with Crippen LogP contribution in [0.1, 0.15) is 17.7 Å². The number of aryl methyl sites for hydroxylation is 2. The molecule has 22 heavy (non-hydrogen) atoms. The Hall–Kier alpha value is -1.58. The first-order valence-corrected chi connectivity index (χ1v) is 7.51. The third kappa shape index (κ3) is 4.21. The van der Waals surface area contributed by atoms with Gasteiger partial charge in [0, 0.05) is 19.2 Å². The molecule has 1 aromatic carbocycles. The number of nitrogens with zero attached hydrogens (tertiary/aromatic N) is 2. The minimum absolute atomic E-state index is 0.0450. The summed E-state index contributed by atoms with van der Waals surface area (Å²) in [6.07, 6.45) is -2.67.